The molecule has 1 aromatic carbocycles. The summed E-state index contributed by atoms with van der Waals surface area (Å²) in [5.41, 5.74) is -0.707. The number of amides is 1. The number of hydrogen-bond acceptors (Lipinski definition) is 7. The lowest BCUT2D eigenvalue weighted by Crippen LogP contribution is -2.53. The Morgan fingerprint density at radius 1 is 1.00 bits per heavy atom. The summed E-state index contributed by atoms with van der Waals surface area (Å²) in [4.78, 5) is 27.0. The van der Waals surface area contributed by atoms with Crippen LogP contribution in [0.3, 0.4) is 0 Å². The summed E-state index contributed by atoms with van der Waals surface area (Å²) in [5, 5.41) is 17.2. The first-order valence-electron chi connectivity index (χ1n) is 13.2. The van der Waals surface area contributed by atoms with Crippen LogP contribution in [0.15, 0.2) is 30.3 Å². The topological polar surface area (TPSA) is 100 Å². The fourth-order valence-corrected chi connectivity index (χ4v) is 4.11. The van der Waals surface area contributed by atoms with Crippen LogP contribution in [0.4, 0.5) is 4.79 Å². The van der Waals surface area contributed by atoms with Crippen LogP contribution in [0.25, 0.3) is 0 Å². The molecule has 0 radical (unpaired) electrons. The monoisotopic (exact) mass is 505 g/mol. The summed E-state index contributed by atoms with van der Waals surface area (Å²) in [6, 6.07) is 9.83. The third-order valence-electron chi connectivity index (χ3n) is 5.99. The fraction of sp³-hybridized carbons (Fsp3) is 0.714. The number of unbranched alkanes of at least 4 members (excludes halogenated alkanes) is 1. The summed E-state index contributed by atoms with van der Waals surface area (Å²) >= 11 is 0. The highest BCUT2D eigenvalue weighted by atomic mass is 16.6. The summed E-state index contributed by atoms with van der Waals surface area (Å²) in [5.74, 6) is -0.312. The van der Waals surface area contributed by atoms with E-state index in [1.807, 2.05) is 59.7 Å². The number of piperidine rings is 1. The quantitative estimate of drug-likeness (QED) is 0.309. The summed E-state index contributed by atoms with van der Waals surface area (Å²) in [6.45, 7) is 14.3. The second-order valence-corrected chi connectivity index (χ2v) is 11.9. The number of hydrogen-bond donors (Lipinski definition) is 3. The molecule has 1 aliphatic rings. The molecule has 0 bridgehead atoms. The van der Waals surface area contributed by atoms with E-state index in [1.54, 1.807) is 0 Å². The normalized spacial score (nSPS) is 17.3. The van der Waals surface area contributed by atoms with E-state index in [-0.39, 0.29) is 5.97 Å². The zero-order valence-corrected chi connectivity index (χ0v) is 23.1. The number of benzene rings is 1. The van der Waals surface area contributed by atoms with Crippen LogP contribution in [-0.2, 0) is 20.8 Å². The van der Waals surface area contributed by atoms with Crippen molar-refractivity contribution in [2.75, 3.05) is 26.2 Å². The fourth-order valence-electron chi connectivity index (χ4n) is 4.11. The van der Waals surface area contributed by atoms with Gasteiger partial charge >= 0.3 is 12.1 Å². The molecular weight excluding hydrogens is 458 g/mol. The van der Waals surface area contributed by atoms with Gasteiger partial charge < -0.3 is 25.2 Å². The summed E-state index contributed by atoms with van der Waals surface area (Å²) in [6.07, 6.45) is 2.84. The van der Waals surface area contributed by atoms with E-state index in [0.29, 0.717) is 38.8 Å². The van der Waals surface area contributed by atoms with Crippen molar-refractivity contribution >= 4 is 12.1 Å². The van der Waals surface area contributed by atoms with Gasteiger partial charge in [-0.05, 0) is 79.2 Å². The minimum absolute atomic E-state index is 0.312. The number of ether oxygens (including phenoxy) is 2. The Labute approximate surface area is 217 Å². The Balaban J connectivity index is 1.81. The smallest absolute Gasteiger partial charge is 0.407 e. The molecule has 0 spiro atoms. The number of nitrogens with zero attached hydrogens (tertiary/aromatic N) is 1. The second-order valence-electron chi connectivity index (χ2n) is 11.9. The van der Waals surface area contributed by atoms with Crippen LogP contribution in [0.2, 0.25) is 0 Å². The number of aliphatic hydroxyl groups is 1. The number of nitrogens with one attached hydrogen (secondary N) is 2. The molecule has 204 valence electrons. The second kappa shape index (κ2) is 13.4. The number of rotatable bonds is 11. The number of carbonyl (C=O) groups is 2. The molecular formula is C28H47N3O5. The average Bonchev–Trinajstić information content (AvgIpc) is 2.75. The Hall–Kier alpha value is -2.16. The van der Waals surface area contributed by atoms with Gasteiger partial charge in [-0.3, -0.25) is 9.69 Å². The van der Waals surface area contributed by atoms with E-state index >= 15 is 0 Å². The Kier molecular flexibility index (Phi) is 11.2. The van der Waals surface area contributed by atoms with Crippen LogP contribution >= 0.6 is 0 Å². The molecule has 8 heteroatoms. The lowest BCUT2D eigenvalue weighted by molar-refractivity contribution is -0.158. The Morgan fingerprint density at radius 2 is 1.61 bits per heavy atom. The number of carbonyl (C=O) groups excluding carboxylic acids is 2. The van der Waals surface area contributed by atoms with Crippen LogP contribution in [-0.4, -0.2) is 71.1 Å². The lowest BCUT2D eigenvalue weighted by Gasteiger charge is -2.39. The van der Waals surface area contributed by atoms with Crippen molar-refractivity contribution in [2.24, 2.45) is 0 Å². The van der Waals surface area contributed by atoms with Crippen molar-refractivity contribution in [3.8, 4) is 0 Å². The standard InChI is InChI=1S/C28H47N3O5/c1-26(2,3)35-24(32)23(14-10-11-17-29-25(33)36-27(4,5)6)30-21-28(34)15-18-31(19-16-28)20-22-12-8-7-9-13-22/h7-9,12-13,23,30,34H,10-11,14-21H2,1-6H3,(H,29,33). The van der Waals surface area contributed by atoms with E-state index in [9.17, 15) is 14.7 Å². The van der Waals surface area contributed by atoms with Crippen LogP contribution in [0.5, 0.6) is 0 Å². The number of alkyl carbamates (subject to hydrolysis) is 1. The first-order chi connectivity index (χ1) is 16.7. The maximum Gasteiger partial charge on any atom is 0.407 e. The van der Waals surface area contributed by atoms with Gasteiger partial charge in [-0.15, -0.1) is 0 Å². The minimum Gasteiger partial charge on any atom is -0.459 e. The van der Waals surface area contributed by atoms with Gasteiger partial charge in [0.05, 0.1) is 5.60 Å². The third-order valence-corrected chi connectivity index (χ3v) is 5.99. The maximum absolute atomic E-state index is 12.9. The molecule has 1 aromatic rings. The molecule has 1 atom stereocenters. The van der Waals surface area contributed by atoms with Crippen molar-refractivity contribution in [1.29, 1.82) is 0 Å². The van der Waals surface area contributed by atoms with Crippen molar-refractivity contribution < 1.29 is 24.2 Å². The average molecular weight is 506 g/mol. The molecule has 1 aliphatic heterocycles. The predicted molar refractivity (Wildman–Crippen MR) is 142 cm³/mol. The van der Waals surface area contributed by atoms with Crippen LogP contribution in [0.1, 0.15) is 79.2 Å². The van der Waals surface area contributed by atoms with Crippen molar-refractivity contribution in [3.05, 3.63) is 35.9 Å². The highest BCUT2D eigenvalue weighted by molar-refractivity contribution is 5.76. The number of likely N-dealkylation sites (tertiary alicyclic amines) is 1. The predicted octanol–water partition coefficient (Wildman–Crippen LogP) is 4.01. The zero-order chi connectivity index (χ0) is 26.8. The largest absolute Gasteiger partial charge is 0.459 e. The van der Waals surface area contributed by atoms with Gasteiger partial charge in [0.25, 0.3) is 0 Å². The first kappa shape index (κ1) is 30.1. The van der Waals surface area contributed by atoms with Crippen LogP contribution < -0.4 is 10.6 Å². The molecule has 1 heterocycles. The third kappa shape index (κ3) is 12.2. The Morgan fingerprint density at radius 3 is 2.19 bits per heavy atom. The molecule has 36 heavy (non-hydrogen) atoms. The zero-order valence-electron chi connectivity index (χ0n) is 23.1. The van der Waals surface area contributed by atoms with Crippen molar-refractivity contribution in [3.63, 3.8) is 0 Å². The van der Waals surface area contributed by atoms with E-state index in [0.717, 1.165) is 26.1 Å². The van der Waals surface area contributed by atoms with Gasteiger partial charge in [0.15, 0.2) is 0 Å². The first-order valence-corrected chi connectivity index (χ1v) is 13.2. The maximum atomic E-state index is 12.9. The van der Waals surface area contributed by atoms with Crippen LogP contribution in [0, 0.1) is 0 Å². The Bertz CT molecular complexity index is 809. The van der Waals surface area contributed by atoms with Gasteiger partial charge in [-0.1, -0.05) is 30.3 Å². The van der Waals surface area contributed by atoms with E-state index < -0.39 is 28.9 Å². The minimum atomic E-state index is -0.855. The van der Waals surface area contributed by atoms with Crippen molar-refractivity contribution in [1.82, 2.24) is 15.5 Å². The van der Waals surface area contributed by atoms with Gasteiger partial charge in [-0.25, -0.2) is 4.79 Å². The summed E-state index contributed by atoms with van der Waals surface area (Å²) in [7, 11) is 0. The molecule has 8 nitrogen and oxygen atoms in total. The van der Waals surface area contributed by atoms with Gasteiger partial charge in [0.2, 0.25) is 0 Å². The summed E-state index contributed by atoms with van der Waals surface area (Å²) < 4.78 is 10.9. The molecule has 0 aromatic heterocycles. The molecule has 0 aliphatic carbocycles. The van der Waals surface area contributed by atoms with E-state index in [4.69, 9.17) is 9.47 Å². The molecule has 2 rings (SSSR count). The van der Waals surface area contributed by atoms with Crippen molar-refractivity contribution in [2.45, 2.75) is 103 Å². The van der Waals surface area contributed by atoms with E-state index in [1.165, 1.54) is 5.56 Å². The van der Waals surface area contributed by atoms with Gasteiger partial charge in [0, 0.05) is 32.7 Å². The molecule has 1 unspecified atom stereocenters. The molecule has 1 fully saturated rings. The SMILES string of the molecule is CC(C)(C)OC(=O)NCCCCC(NCC1(O)CCN(Cc2ccccc2)CC1)C(=O)OC(C)(C)C. The highest BCUT2D eigenvalue weighted by Gasteiger charge is 2.34. The highest BCUT2D eigenvalue weighted by Crippen LogP contribution is 2.23. The molecule has 1 saturated heterocycles. The van der Waals surface area contributed by atoms with Gasteiger partial charge in [-0.2, -0.15) is 0 Å². The molecule has 3 N–H and O–H groups in total. The number of esters is 1. The van der Waals surface area contributed by atoms with E-state index in [2.05, 4.69) is 27.7 Å². The molecule has 1 amide bonds. The van der Waals surface area contributed by atoms with Gasteiger partial charge in [0.1, 0.15) is 17.2 Å². The lowest BCUT2D eigenvalue weighted by atomic mass is 9.90. The molecule has 0 saturated carbocycles.